The number of allylic oxidation sites excluding steroid dienone is 1. The smallest absolute Gasteiger partial charge is 0.00297 e. The molecule has 0 aromatic heterocycles. The summed E-state index contributed by atoms with van der Waals surface area (Å²) in [5, 5.41) is 0. The van der Waals surface area contributed by atoms with Gasteiger partial charge in [-0.25, -0.2) is 0 Å². The molecule has 2 unspecified atom stereocenters. The fraction of sp³-hybridized carbons (Fsp3) is 0.762. The molecular weight excluding hydrogens is 504 g/mol. The molecule has 2 atom stereocenters. The van der Waals surface area contributed by atoms with Gasteiger partial charge >= 0.3 is 0 Å². The van der Waals surface area contributed by atoms with E-state index in [0.717, 1.165) is 11.8 Å². The first-order chi connectivity index (χ1) is 20.4. The highest BCUT2D eigenvalue weighted by Gasteiger charge is 2.17. The molecule has 1 aromatic rings. The lowest BCUT2D eigenvalue weighted by atomic mass is 9.81. The number of hydrogen-bond donors (Lipinski definition) is 0. The van der Waals surface area contributed by atoms with Crippen molar-refractivity contribution in [2.45, 2.75) is 189 Å². The SMILES string of the molecule is C#CC.C=C(c1ccc(CCCC)cc1)C(CCC(C)CCCCCCCCC)CCC(C)CCCCCCCCC. The van der Waals surface area contributed by atoms with E-state index in [1.807, 2.05) is 0 Å². The van der Waals surface area contributed by atoms with Gasteiger partial charge in [0, 0.05) is 0 Å². The normalized spacial score (nSPS) is 13.1. The average molecular weight is 579 g/mol. The Kier molecular flexibility index (Phi) is 28.5. The van der Waals surface area contributed by atoms with E-state index in [1.165, 1.54) is 164 Å². The highest BCUT2D eigenvalue weighted by atomic mass is 14.2. The van der Waals surface area contributed by atoms with Crippen LogP contribution in [0.2, 0.25) is 0 Å². The van der Waals surface area contributed by atoms with Crippen LogP contribution >= 0.6 is 0 Å². The minimum atomic E-state index is 0.638. The molecule has 1 aromatic carbocycles. The molecule has 0 radical (unpaired) electrons. The lowest BCUT2D eigenvalue weighted by Gasteiger charge is -2.24. The Bertz CT molecular complexity index is 719. The number of terminal acetylenes is 1. The van der Waals surface area contributed by atoms with Gasteiger partial charge in [-0.05, 0) is 67.1 Å². The number of unbranched alkanes of at least 4 members (excludes halogenated alkanes) is 13. The molecule has 0 aliphatic heterocycles. The third-order valence-electron chi connectivity index (χ3n) is 9.25. The van der Waals surface area contributed by atoms with Crippen LogP contribution in [0, 0.1) is 30.1 Å². The first kappa shape index (κ1) is 40.5. The molecular formula is C42H74. The lowest BCUT2D eigenvalue weighted by molar-refractivity contribution is 0.375. The Morgan fingerprint density at radius 3 is 1.38 bits per heavy atom. The number of rotatable bonds is 27. The predicted octanol–water partition coefficient (Wildman–Crippen LogP) is 14.4. The second-order valence-electron chi connectivity index (χ2n) is 13.5. The molecule has 0 aliphatic carbocycles. The zero-order valence-corrected chi connectivity index (χ0v) is 29.6. The van der Waals surface area contributed by atoms with E-state index in [-0.39, 0.29) is 0 Å². The fourth-order valence-corrected chi connectivity index (χ4v) is 6.15. The van der Waals surface area contributed by atoms with Gasteiger partial charge in [-0.15, -0.1) is 12.3 Å². The van der Waals surface area contributed by atoms with E-state index in [0.29, 0.717) is 5.92 Å². The van der Waals surface area contributed by atoms with Gasteiger partial charge in [0.1, 0.15) is 0 Å². The van der Waals surface area contributed by atoms with Crippen LogP contribution in [0.15, 0.2) is 30.8 Å². The first-order valence-electron chi connectivity index (χ1n) is 18.6. The van der Waals surface area contributed by atoms with Crippen LogP contribution in [0.5, 0.6) is 0 Å². The summed E-state index contributed by atoms with van der Waals surface area (Å²) in [7, 11) is 0. The summed E-state index contributed by atoms with van der Waals surface area (Å²) in [6.45, 7) is 18.3. The fourth-order valence-electron chi connectivity index (χ4n) is 6.15. The van der Waals surface area contributed by atoms with Crippen LogP contribution in [0.1, 0.15) is 194 Å². The predicted molar refractivity (Wildman–Crippen MR) is 194 cm³/mol. The lowest BCUT2D eigenvalue weighted by Crippen LogP contribution is -2.09. The Hall–Kier alpha value is -1.48. The largest absolute Gasteiger partial charge is 0.120 e. The monoisotopic (exact) mass is 579 g/mol. The van der Waals surface area contributed by atoms with Gasteiger partial charge in [0.05, 0.1) is 0 Å². The zero-order valence-electron chi connectivity index (χ0n) is 29.6. The molecule has 0 fully saturated rings. The summed E-state index contributed by atoms with van der Waals surface area (Å²) >= 11 is 0. The highest BCUT2D eigenvalue weighted by molar-refractivity contribution is 5.65. The van der Waals surface area contributed by atoms with Crippen LogP contribution in [0.3, 0.4) is 0 Å². The van der Waals surface area contributed by atoms with Crippen LogP contribution < -0.4 is 0 Å². The molecule has 0 bridgehead atoms. The molecule has 1 rings (SSSR count). The van der Waals surface area contributed by atoms with E-state index in [2.05, 4.69) is 71.2 Å². The van der Waals surface area contributed by atoms with Crippen molar-refractivity contribution in [3.8, 4) is 12.3 Å². The maximum atomic E-state index is 4.69. The van der Waals surface area contributed by atoms with Crippen LogP contribution in [0.25, 0.3) is 5.57 Å². The van der Waals surface area contributed by atoms with Crippen molar-refractivity contribution in [1.82, 2.24) is 0 Å². The van der Waals surface area contributed by atoms with E-state index >= 15 is 0 Å². The van der Waals surface area contributed by atoms with Gasteiger partial charge in [0.2, 0.25) is 0 Å². The van der Waals surface area contributed by atoms with Gasteiger partial charge in [0.15, 0.2) is 0 Å². The Labute approximate surface area is 266 Å². The van der Waals surface area contributed by atoms with Crippen LogP contribution in [-0.2, 0) is 6.42 Å². The minimum absolute atomic E-state index is 0.638. The summed E-state index contributed by atoms with van der Waals surface area (Å²) in [5.74, 6) is 4.58. The zero-order chi connectivity index (χ0) is 31.3. The third kappa shape index (κ3) is 23.0. The molecule has 0 saturated carbocycles. The summed E-state index contributed by atoms with van der Waals surface area (Å²) in [5.41, 5.74) is 4.28. The third-order valence-corrected chi connectivity index (χ3v) is 9.25. The van der Waals surface area contributed by atoms with Gasteiger partial charge in [-0.1, -0.05) is 187 Å². The van der Waals surface area contributed by atoms with Gasteiger partial charge in [-0.2, -0.15) is 0 Å². The van der Waals surface area contributed by atoms with Crippen molar-refractivity contribution in [2.75, 3.05) is 0 Å². The second kappa shape index (κ2) is 29.6. The summed E-state index contributed by atoms with van der Waals surface area (Å²) in [6, 6.07) is 9.45. The number of benzene rings is 1. The molecule has 0 nitrogen and oxygen atoms in total. The van der Waals surface area contributed by atoms with Crippen molar-refractivity contribution in [3.63, 3.8) is 0 Å². The van der Waals surface area contributed by atoms with Crippen molar-refractivity contribution < 1.29 is 0 Å². The molecule has 0 aliphatic rings. The summed E-state index contributed by atoms with van der Waals surface area (Å²) < 4.78 is 0. The molecule has 0 amide bonds. The number of aryl methyl sites for hydroxylation is 1. The summed E-state index contributed by atoms with van der Waals surface area (Å²) in [6.07, 6.45) is 36.4. The Balaban J connectivity index is 0.00000535. The maximum absolute atomic E-state index is 4.69. The van der Waals surface area contributed by atoms with E-state index in [1.54, 1.807) is 6.92 Å². The topological polar surface area (TPSA) is 0 Å². The molecule has 242 valence electrons. The highest BCUT2D eigenvalue weighted by Crippen LogP contribution is 2.33. The molecule has 0 heteroatoms. The first-order valence-corrected chi connectivity index (χ1v) is 18.6. The van der Waals surface area contributed by atoms with Crippen LogP contribution in [0.4, 0.5) is 0 Å². The van der Waals surface area contributed by atoms with Gasteiger partial charge in [-0.3, -0.25) is 0 Å². The standard InChI is InChI=1S/C39H70.C3H4/c1-7-10-13-15-17-19-21-23-34(4)26-30-38(31-27-35(5)24-22-20-18-16-14-11-8-2)36(6)39-32-28-37(29-33-39)25-12-9-3;1-3-2/h28-29,32-35,38H,6-27,30-31H2,1-5H3;1H,2H3. The quantitative estimate of drug-likeness (QED) is 0.0719. The number of hydrogen-bond acceptors (Lipinski definition) is 0. The minimum Gasteiger partial charge on any atom is -0.120 e. The van der Waals surface area contributed by atoms with Crippen molar-refractivity contribution in [2.24, 2.45) is 17.8 Å². The van der Waals surface area contributed by atoms with E-state index in [4.69, 9.17) is 6.58 Å². The van der Waals surface area contributed by atoms with E-state index in [9.17, 15) is 0 Å². The Morgan fingerprint density at radius 2 is 0.976 bits per heavy atom. The van der Waals surface area contributed by atoms with Gasteiger partial charge < -0.3 is 0 Å². The average Bonchev–Trinajstić information content (AvgIpc) is 2.99. The maximum Gasteiger partial charge on any atom is -0.00297 e. The molecule has 0 saturated heterocycles. The van der Waals surface area contributed by atoms with Crippen LogP contribution in [-0.4, -0.2) is 0 Å². The molecule has 0 spiro atoms. The molecule has 42 heavy (non-hydrogen) atoms. The van der Waals surface area contributed by atoms with Crippen molar-refractivity contribution in [3.05, 3.63) is 42.0 Å². The Morgan fingerprint density at radius 1 is 0.595 bits per heavy atom. The van der Waals surface area contributed by atoms with Crippen molar-refractivity contribution in [1.29, 1.82) is 0 Å². The second-order valence-corrected chi connectivity index (χ2v) is 13.5. The van der Waals surface area contributed by atoms with Crippen molar-refractivity contribution >= 4 is 5.57 Å². The van der Waals surface area contributed by atoms with E-state index < -0.39 is 0 Å². The summed E-state index contributed by atoms with van der Waals surface area (Å²) in [4.78, 5) is 0. The molecule has 0 N–H and O–H groups in total. The van der Waals surface area contributed by atoms with Gasteiger partial charge in [0.25, 0.3) is 0 Å². The molecule has 0 heterocycles.